The second-order valence-corrected chi connectivity index (χ2v) is 10.6. The first-order valence-corrected chi connectivity index (χ1v) is 11.7. The Balaban J connectivity index is 1.57. The number of halogens is 1. The highest BCUT2D eigenvalue weighted by atomic mass is 35.5. The zero-order valence-corrected chi connectivity index (χ0v) is 18.1. The van der Waals surface area contributed by atoms with E-state index in [1.165, 1.54) is 30.6 Å². The molecule has 5 nitrogen and oxygen atoms in total. The van der Waals surface area contributed by atoms with Crippen LogP contribution in [0, 0.1) is 18.8 Å². The van der Waals surface area contributed by atoms with Crippen molar-refractivity contribution in [3.05, 3.63) is 58.6 Å². The Kier molecular flexibility index (Phi) is 5.34. The van der Waals surface area contributed by atoms with Crippen LogP contribution in [0.15, 0.2) is 47.4 Å². The average Bonchev–Trinajstić information content (AvgIpc) is 3.31. The monoisotopic (exact) mass is 432 g/mol. The number of hydrogen-bond donors (Lipinski definition) is 1. The number of rotatable bonds is 5. The summed E-state index contributed by atoms with van der Waals surface area (Å²) in [7, 11) is -2.25. The van der Waals surface area contributed by atoms with Crippen LogP contribution in [0.3, 0.4) is 0 Å². The van der Waals surface area contributed by atoms with Crippen LogP contribution in [0.2, 0.25) is 5.02 Å². The summed E-state index contributed by atoms with van der Waals surface area (Å²) in [6.07, 6.45) is 4.64. The molecule has 2 bridgehead atoms. The van der Waals surface area contributed by atoms with Crippen LogP contribution in [0.1, 0.15) is 41.6 Å². The zero-order chi connectivity index (χ0) is 20.8. The highest BCUT2D eigenvalue weighted by Gasteiger charge is 2.40. The maximum Gasteiger partial charge on any atom is 0.264 e. The van der Waals surface area contributed by atoms with Gasteiger partial charge in [-0.05, 0) is 68.4 Å². The lowest BCUT2D eigenvalue weighted by Crippen LogP contribution is -2.38. The van der Waals surface area contributed by atoms with E-state index in [1.807, 2.05) is 6.92 Å². The number of anilines is 1. The second-order valence-electron chi connectivity index (χ2n) is 8.20. The normalized spacial score (nSPS) is 23.2. The molecule has 0 unspecified atom stereocenters. The molecular formula is C22H25ClN2O3S. The third kappa shape index (κ3) is 3.88. The topological polar surface area (TPSA) is 66.5 Å². The molecule has 7 heteroatoms. The highest BCUT2D eigenvalue weighted by Crippen LogP contribution is 2.44. The van der Waals surface area contributed by atoms with Gasteiger partial charge in [0.1, 0.15) is 0 Å². The Morgan fingerprint density at radius 3 is 2.45 bits per heavy atom. The van der Waals surface area contributed by atoms with Gasteiger partial charge in [-0.2, -0.15) is 0 Å². The van der Waals surface area contributed by atoms with Gasteiger partial charge in [0.15, 0.2) is 0 Å². The summed E-state index contributed by atoms with van der Waals surface area (Å²) >= 11 is 6.28. The lowest BCUT2D eigenvalue weighted by molar-refractivity contribution is 0.0923. The third-order valence-electron chi connectivity index (χ3n) is 6.29. The molecule has 1 N–H and O–H groups in total. The van der Waals surface area contributed by atoms with E-state index in [-0.39, 0.29) is 16.8 Å². The van der Waals surface area contributed by atoms with Crippen molar-refractivity contribution in [1.82, 2.24) is 5.32 Å². The van der Waals surface area contributed by atoms with Crippen molar-refractivity contribution in [2.24, 2.45) is 11.8 Å². The molecule has 0 aliphatic heterocycles. The van der Waals surface area contributed by atoms with E-state index in [2.05, 4.69) is 5.32 Å². The van der Waals surface area contributed by atoms with Gasteiger partial charge in [-0.3, -0.25) is 9.10 Å². The number of hydrogen-bond acceptors (Lipinski definition) is 3. The Hall–Kier alpha value is -2.05. The summed E-state index contributed by atoms with van der Waals surface area (Å²) in [5, 5.41) is 3.43. The number of nitrogens with zero attached hydrogens (tertiary/aromatic N) is 1. The smallest absolute Gasteiger partial charge is 0.264 e. The Morgan fingerprint density at radius 2 is 1.83 bits per heavy atom. The first-order chi connectivity index (χ1) is 13.8. The van der Waals surface area contributed by atoms with Crippen molar-refractivity contribution < 1.29 is 13.2 Å². The minimum absolute atomic E-state index is 0.190. The van der Waals surface area contributed by atoms with Gasteiger partial charge in [0, 0.05) is 13.1 Å². The van der Waals surface area contributed by atoms with Crippen molar-refractivity contribution in [1.29, 1.82) is 0 Å². The Morgan fingerprint density at radius 1 is 1.10 bits per heavy atom. The van der Waals surface area contributed by atoms with Gasteiger partial charge in [0.05, 0.1) is 21.2 Å². The van der Waals surface area contributed by atoms with Crippen molar-refractivity contribution >= 4 is 33.2 Å². The lowest BCUT2D eigenvalue weighted by atomic mass is 9.95. The summed E-state index contributed by atoms with van der Waals surface area (Å²) in [6, 6.07) is 11.6. The first kappa shape index (κ1) is 20.2. The Bertz CT molecular complexity index is 1040. The molecule has 1 amide bonds. The molecule has 2 aliphatic carbocycles. The molecule has 2 aromatic rings. The molecule has 29 heavy (non-hydrogen) atoms. The average molecular weight is 433 g/mol. The fraction of sp³-hybridized carbons (Fsp3) is 0.409. The van der Waals surface area contributed by atoms with Crippen LogP contribution in [-0.4, -0.2) is 27.4 Å². The van der Waals surface area contributed by atoms with Crippen molar-refractivity contribution in [2.75, 3.05) is 11.4 Å². The molecule has 3 atom stereocenters. The molecule has 154 valence electrons. The van der Waals surface area contributed by atoms with Crippen LogP contribution < -0.4 is 9.62 Å². The minimum atomic E-state index is -3.73. The summed E-state index contributed by atoms with van der Waals surface area (Å²) in [4.78, 5) is 13.1. The highest BCUT2D eigenvalue weighted by molar-refractivity contribution is 7.92. The molecular weight excluding hydrogens is 408 g/mol. The number of amides is 1. The van der Waals surface area contributed by atoms with Gasteiger partial charge < -0.3 is 5.32 Å². The number of carbonyl (C=O) groups is 1. The summed E-state index contributed by atoms with van der Waals surface area (Å²) in [6.45, 7) is 1.90. The first-order valence-electron chi connectivity index (χ1n) is 9.91. The molecule has 2 aromatic carbocycles. The standard InChI is InChI=1S/C22H25ClN2O3S/c1-14-3-8-18(9-4-14)29(27,28)25(2)17-7-10-20(23)19(13-17)22(26)24-21-12-15-5-6-16(21)11-15/h3-4,7-10,13,15-16,21H,5-6,11-12H2,1-2H3,(H,24,26)/t15-,16-,21+/m0/s1. The molecule has 0 spiro atoms. The molecule has 0 heterocycles. The number of aryl methyl sites for hydroxylation is 1. The molecule has 0 aromatic heterocycles. The summed E-state index contributed by atoms with van der Waals surface area (Å²) < 4.78 is 27.1. The van der Waals surface area contributed by atoms with E-state index >= 15 is 0 Å². The van der Waals surface area contributed by atoms with Crippen molar-refractivity contribution in [2.45, 2.75) is 43.5 Å². The minimum Gasteiger partial charge on any atom is -0.349 e. The van der Waals surface area contributed by atoms with E-state index in [4.69, 9.17) is 11.6 Å². The number of fused-ring (bicyclic) bond motifs is 2. The zero-order valence-electron chi connectivity index (χ0n) is 16.6. The SMILES string of the molecule is Cc1ccc(S(=O)(=O)N(C)c2ccc(Cl)c(C(=O)N[C@@H]3C[C@H]4CC[C@H]3C4)c2)cc1. The van der Waals surface area contributed by atoms with Gasteiger partial charge in [-0.15, -0.1) is 0 Å². The van der Waals surface area contributed by atoms with Crippen LogP contribution in [-0.2, 0) is 10.0 Å². The summed E-state index contributed by atoms with van der Waals surface area (Å²) in [5.74, 6) is 1.03. The number of sulfonamides is 1. The molecule has 2 fully saturated rings. The molecule has 4 rings (SSSR count). The van der Waals surface area contributed by atoms with Crippen molar-refractivity contribution in [3.63, 3.8) is 0 Å². The lowest BCUT2D eigenvalue weighted by Gasteiger charge is -2.24. The van der Waals surface area contributed by atoms with E-state index in [0.29, 0.717) is 22.2 Å². The molecule has 2 saturated carbocycles. The predicted octanol–water partition coefficient (Wildman–Crippen LogP) is 4.39. The van der Waals surface area contributed by atoms with Crippen LogP contribution in [0.4, 0.5) is 5.69 Å². The predicted molar refractivity (Wildman–Crippen MR) is 115 cm³/mol. The van der Waals surface area contributed by atoms with Crippen LogP contribution in [0.25, 0.3) is 0 Å². The quantitative estimate of drug-likeness (QED) is 0.761. The second kappa shape index (κ2) is 7.65. The van der Waals surface area contributed by atoms with Gasteiger partial charge in [0.2, 0.25) is 0 Å². The van der Waals surface area contributed by atoms with Gasteiger partial charge in [-0.25, -0.2) is 8.42 Å². The largest absolute Gasteiger partial charge is 0.349 e. The molecule has 0 saturated heterocycles. The van der Waals surface area contributed by atoms with E-state index in [0.717, 1.165) is 17.9 Å². The fourth-order valence-electron chi connectivity index (χ4n) is 4.56. The maximum absolute atomic E-state index is 13.0. The molecule has 2 aliphatic rings. The van der Waals surface area contributed by atoms with Crippen LogP contribution in [0.5, 0.6) is 0 Å². The van der Waals surface area contributed by atoms with Gasteiger partial charge >= 0.3 is 0 Å². The van der Waals surface area contributed by atoms with Gasteiger partial charge in [0.25, 0.3) is 15.9 Å². The van der Waals surface area contributed by atoms with E-state index < -0.39 is 10.0 Å². The maximum atomic E-state index is 13.0. The molecule has 0 radical (unpaired) electrons. The number of carbonyl (C=O) groups excluding carboxylic acids is 1. The fourth-order valence-corrected chi connectivity index (χ4v) is 5.95. The van der Waals surface area contributed by atoms with Crippen molar-refractivity contribution in [3.8, 4) is 0 Å². The number of nitrogens with one attached hydrogen (secondary N) is 1. The summed E-state index contributed by atoms with van der Waals surface area (Å²) in [5.41, 5.74) is 1.68. The van der Waals surface area contributed by atoms with Crippen LogP contribution >= 0.6 is 11.6 Å². The van der Waals surface area contributed by atoms with E-state index in [1.54, 1.807) is 42.5 Å². The number of benzene rings is 2. The third-order valence-corrected chi connectivity index (χ3v) is 8.42. The Labute approximate surface area is 177 Å². The van der Waals surface area contributed by atoms with Gasteiger partial charge in [-0.1, -0.05) is 35.7 Å². The van der Waals surface area contributed by atoms with E-state index in [9.17, 15) is 13.2 Å².